The van der Waals surface area contributed by atoms with Crippen LogP contribution >= 0.6 is 0 Å². The normalized spacial score (nSPS) is 10.7. The second kappa shape index (κ2) is 5.26. The molecule has 0 saturated carbocycles. The summed E-state index contributed by atoms with van der Waals surface area (Å²) >= 11 is 0. The van der Waals surface area contributed by atoms with E-state index in [4.69, 9.17) is 5.11 Å². The standard InChI is InChI=1S/C15H13N3O3/c19-9-10-6-7-13-12(8-10)14(16-15(20)21)18(17-13)11-4-2-1-3-5-11/h1-8,16,19H,9H2,(H,20,21). The average molecular weight is 283 g/mol. The zero-order valence-electron chi connectivity index (χ0n) is 11.0. The molecule has 0 aliphatic carbocycles. The highest BCUT2D eigenvalue weighted by Crippen LogP contribution is 2.27. The molecular weight excluding hydrogens is 270 g/mol. The van der Waals surface area contributed by atoms with Crippen molar-refractivity contribution in [2.24, 2.45) is 0 Å². The predicted octanol–water partition coefficient (Wildman–Crippen LogP) is 2.61. The van der Waals surface area contributed by atoms with Crippen LogP contribution in [-0.4, -0.2) is 26.1 Å². The number of aromatic nitrogens is 2. The fourth-order valence-electron chi connectivity index (χ4n) is 2.21. The first-order valence-corrected chi connectivity index (χ1v) is 6.37. The Morgan fingerprint density at radius 3 is 2.62 bits per heavy atom. The van der Waals surface area contributed by atoms with Gasteiger partial charge in [-0.25, -0.2) is 9.48 Å². The van der Waals surface area contributed by atoms with Gasteiger partial charge in [0.2, 0.25) is 0 Å². The third kappa shape index (κ3) is 2.44. The summed E-state index contributed by atoms with van der Waals surface area (Å²) in [6.45, 7) is -0.112. The minimum Gasteiger partial charge on any atom is -0.465 e. The van der Waals surface area contributed by atoms with Gasteiger partial charge in [-0.05, 0) is 29.8 Å². The number of hydrogen-bond donors (Lipinski definition) is 3. The van der Waals surface area contributed by atoms with Crippen molar-refractivity contribution in [3.8, 4) is 5.69 Å². The summed E-state index contributed by atoms with van der Waals surface area (Å²) in [5.74, 6) is 0.360. The number of anilines is 1. The molecule has 0 aliphatic heterocycles. The lowest BCUT2D eigenvalue weighted by atomic mass is 10.1. The van der Waals surface area contributed by atoms with E-state index in [9.17, 15) is 9.90 Å². The lowest BCUT2D eigenvalue weighted by molar-refractivity contribution is 0.209. The van der Waals surface area contributed by atoms with E-state index < -0.39 is 6.09 Å². The maximum Gasteiger partial charge on any atom is 0.410 e. The number of amides is 1. The van der Waals surface area contributed by atoms with E-state index >= 15 is 0 Å². The highest BCUT2D eigenvalue weighted by molar-refractivity contribution is 5.98. The summed E-state index contributed by atoms with van der Waals surface area (Å²) in [5, 5.41) is 25.7. The van der Waals surface area contributed by atoms with Crippen molar-refractivity contribution in [3.05, 3.63) is 54.1 Å². The lowest BCUT2D eigenvalue weighted by Crippen LogP contribution is -2.12. The molecule has 106 valence electrons. The number of benzene rings is 2. The number of nitrogens with zero attached hydrogens (tertiary/aromatic N) is 2. The molecule has 3 rings (SSSR count). The van der Waals surface area contributed by atoms with Crippen LogP contribution in [-0.2, 0) is 6.61 Å². The van der Waals surface area contributed by atoms with Crippen LogP contribution in [0.2, 0.25) is 0 Å². The van der Waals surface area contributed by atoms with Crippen LogP contribution < -0.4 is 5.32 Å². The Labute approximate surface area is 120 Å². The van der Waals surface area contributed by atoms with E-state index in [1.54, 1.807) is 22.9 Å². The van der Waals surface area contributed by atoms with Crippen molar-refractivity contribution >= 4 is 22.8 Å². The van der Waals surface area contributed by atoms with Crippen LogP contribution in [0.25, 0.3) is 16.6 Å². The number of carboxylic acid groups (broad SMARTS) is 1. The highest BCUT2D eigenvalue weighted by atomic mass is 16.4. The molecule has 3 aromatic rings. The monoisotopic (exact) mass is 283 g/mol. The maximum atomic E-state index is 11.0. The fourth-order valence-corrected chi connectivity index (χ4v) is 2.21. The van der Waals surface area contributed by atoms with E-state index in [1.165, 1.54) is 0 Å². The van der Waals surface area contributed by atoms with Gasteiger partial charge in [0.05, 0.1) is 17.8 Å². The zero-order valence-corrected chi connectivity index (χ0v) is 11.0. The molecule has 2 aromatic carbocycles. The Hall–Kier alpha value is -2.86. The molecule has 0 radical (unpaired) electrons. The van der Waals surface area contributed by atoms with Gasteiger partial charge in [0.15, 0.2) is 0 Å². The smallest absolute Gasteiger partial charge is 0.410 e. The van der Waals surface area contributed by atoms with Gasteiger partial charge in [0, 0.05) is 5.39 Å². The molecule has 3 N–H and O–H groups in total. The molecule has 21 heavy (non-hydrogen) atoms. The maximum absolute atomic E-state index is 11.0. The van der Waals surface area contributed by atoms with E-state index in [1.807, 2.05) is 30.3 Å². The van der Waals surface area contributed by atoms with Gasteiger partial charge >= 0.3 is 6.09 Å². The first kappa shape index (κ1) is 13.1. The molecule has 0 atom stereocenters. The quantitative estimate of drug-likeness (QED) is 0.689. The topological polar surface area (TPSA) is 87.4 Å². The summed E-state index contributed by atoms with van der Waals surface area (Å²) in [4.78, 5) is 11.0. The second-order valence-corrected chi connectivity index (χ2v) is 4.54. The van der Waals surface area contributed by atoms with Crippen molar-refractivity contribution in [2.75, 3.05) is 5.32 Å². The van der Waals surface area contributed by atoms with Crippen molar-refractivity contribution < 1.29 is 15.0 Å². The number of carbonyl (C=O) groups is 1. The minimum atomic E-state index is -1.16. The molecule has 1 aromatic heterocycles. The first-order chi connectivity index (χ1) is 10.2. The fraction of sp³-hybridized carbons (Fsp3) is 0.0667. The Bertz CT molecular complexity index is 797. The zero-order chi connectivity index (χ0) is 14.8. The first-order valence-electron chi connectivity index (χ1n) is 6.37. The average Bonchev–Trinajstić information content (AvgIpc) is 2.85. The summed E-state index contributed by atoms with van der Waals surface area (Å²) in [6, 6.07) is 14.5. The molecule has 0 saturated heterocycles. The molecule has 0 spiro atoms. The Morgan fingerprint density at radius 2 is 1.95 bits per heavy atom. The number of rotatable bonds is 3. The van der Waals surface area contributed by atoms with Crippen LogP contribution in [0.4, 0.5) is 10.6 Å². The molecular formula is C15H13N3O3. The van der Waals surface area contributed by atoms with Gasteiger partial charge in [-0.2, -0.15) is 5.10 Å². The molecule has 0 bridgehead atoms. The Kier molecular flexibility index (Phi) is 3.29. The van der Waals surface area contributed by atoms with Gasteiger partial charge in [-0.3, -0.25) is 5.32 Å². The van der Waals surface area contributed by atoms with Crippen molar-refractivity contribution in [2.45, 2.75) is 6.61 Å². The van der Waals surface area contributed by atoms with Gasteiger partial charge in [0.25, 0.3) is 0 Å². The largest absolute Gasteiger partial charge is 0.465 e. The second-order valence-electron chi connectivity index (χ2n) is 4.54. The molecule has 6 heteroatoms. The van der Waals surface area contributed by atoms with Gasteiger partial charge in [-0.15, -0.1) is 0 Å². The van der Waals surface area contributed by atoms with Crippen molar-refractivity contribution in [1.82, 2.24) is 9.78 Å². The van der Waals surface area contributed by atoms with Crippen LogP contribution in [0.5, 0.6) is 0 Å². The SMILES string of the molecule is O=C(O)Nc1c2cc(CO)ccc2nn1-c1ccccc1. The van der Waals surface area contributed by atoms with Gasteiger partial charge in [0.1, 0.15) is 5.82 Å². The lowest BCUT2D eigenvalue weighted by Gasteiger charge is -2.07. The molecule has 0 unspecified atom stereocenters. The summed E-state index contributed by atoms with van der Waals surface area (Å²) in [6.07, 6.45) is -1.16. The molecule has 6 nitrogen and oxygen atoms in total. The number of para-hydroxylation sites is 1. The number of fused-ring (bicyclic) bond motifs is 1. The van der Waals surface area contributed by atoms with Crippen LogP contribution in [0.3, 0.4) is 0 Å². The Morgan fingerprint density at radius 1 is 1.19 bits per heavy atom. The molecule has 0 fully saturated rings. The molecule has 0 aliphatic rings. The van der Waals surface area contributed by atoms with Gasteiger partial charge in [-0.1, -0.05) is 24.3 Å². The van der Waals surface area contributed by atoms with E-state index in [0.29, 0.717) is 22.3 Å². The third-order valence-corrected chi connectivity index (χ3v) is 3.14. The predicted molar refractivity (Wildman–Crippen MR) is 78.6 cm³/mol. The minimum absolute atomic E-state index is 0.112. The molecule has 1 heterocycles. The van der Waals surface area contributed by atoms with Gasteiger partial charge < -0.3 is 10.2 Å². The molecule has 1 amide bonds. The number of nitrogens with one attached hydrogen (secondary N) is 1. The van der Waals surface area contributed by atoms with Crippen molar-refractivity contribution in [3.63, 3.8) is 0 Å². The number of hydrogen-bond acceptors (Lipinski definition) is 3. The summed E-state index contributed by atoms with van der Waals surface area (Å²) < 4.78 is 1.54. The number of aliphatic hydroxyl groups excluding tert-OH is 1. The Balaban J connectivity index is 2.25. The summed E-state index contributed by atoms with van der Waals surface area (Å²) in [5.41, 5.74) is 2.10. The van der Waals surface area contributed by atoms with E-state index in [0.717, 1.165) is 5.69 Å². The van der Waals surface area contributed by atoms with Crippen LogP contribution in [0.1, 0.15) is 5.56 Å². The highest BCUT2D eigenvalue weighted by Gasteiger charge is 2.15. The van der Waals surface area contributed by atoms with Crippen LogP contribution in [0, 0.1) is 0 Å². The number of aliphatic hydroxyl groups is 1. The summed E-state index contributed by atoms with van der Waals surface area (Å²) in [7, 11) is 0. The van der Waals surface area contributed by atoms with E-state index in [2.05, 4.69) is 10.4 Å². The third-order valence-electron chi connectivity index (χ3n) is 3.14. The van der Waals surface area contributed by atoms with Crippen LogP contribution in [0.15, 0.2) is 48.5 Å². The van der Waals surface area contributed by atoms with E-state index in [-0.39, 0.29) is 6.61 Å². The van der Waals surface area contributed by atoms with Crippen molar-refractivity contribution in [1.29, 1.82) is 0 Å².